The Labute approximate surface area is 81.8 Å². The number of carbonyl (C=O) groups is 1. The standard InChI is InChI=1S/C8H15IO2/c1-7(5-6-9)3-4-8(10)11-2/h7H,3-6H2,1-2H3. The molecule has 0 aromatic rings. The van der Waals surface area contributed by atoms with Crippen molar-refractivity contribution in [2.24, 2.45) is 5.92 Å². The molecule has 0 aliphatic carbocycles. The molecule has 1 unspecified atom stereocenters. The van der Waals surface area contributed by atoms with Gasteiger partial charge in [0.15, 0.2) is 0 Å². The van der Waals surface area contributed by atoms with Gasteiger partial charge in [-0.1, -0.05) is 29.5 Å². The number of halogens is 1. The van der Waals surface area contributed by atoms with E-state index in [0.29, 0.717) is 12.3 Å². The lowest BCUT2D eigenvalue weighted by atomic mass is 10.0. The van der Waals surface area contributed by atoms with Crippen molar-refractivity contribution in [2.75, 3.05) is 11.5 Å². The van der Waals surface area contributed by atoms with E-state index in [2.05, 4.69) is 34.3 Å². The van der Waals surface area contributed by atoms with Crippen LogP contribution in [-0.2, 0) is 9.53 Å². The molecule has 0 spiro atoms. The van der Waals surface area contributed by atoms with Crippen LogP contribution in [-0.4, -0.2) is 17.5 Å². The van der Waals surface area contributed by atoms with Crippen LogP contribution in [0.4, 0.5) is 0 Å². The summed E-state index contributed by atoms with van der Waals surface area (Å²) >= 11 is 2.35. The molecule has 0 radical (unpaired) electrons. The van der Waals surface area contributed by atoms with Crippen molar-refractivity contribution >= 4 is 28.6 Å². The number of ether oxygens (including phenoxy) is 1. The largest absolute Gasteiger partial charge is 0.469 e. The van der Waals surface area contributed by atoms with Crippen LogP contribution in [0.2, 0.25) is 0 Å². The maximum atomic E-state index is 10.7. The van der Waals surface area contributed by atoms with Gasteiger partial charge in [0, 0.05) is 6.42 Å². The first kappa shape index (κ1) is 11.2. The molecule has 0 aromatic heterocycles. The zero-order valence-electron chi connectivity index (χ0n) is 7.10. The number of esters is 1. The van der Waals surface area contributed by atoms with Crippen LogP contribution < -0.4 is 0 Å². The number of methoxy groups -OCH3 is 1. The van der Waals surface area contributed by atoms with Crippen LogP contribution in [0, 0.1) is 5.92 Å². The Morgan fingerprint density at radius 2 is 2.18 bits per heavy atom. The van der Waals surface area contributed by atoms with Crippen molar-refractivity contribution in [1.82, 2.24) is 0 Å². The summed E-state index contributed by atoms with van der Waals surface area (Å²) in [4.78, 5) is 10.7. The number of rotatable bonds is 5. The molecule has 1 atom stereocenters. The van der Waals surface area contributed by atoms with Crippen LogP contribution in [0.1, 0.15) is 26.2 Å². The van der Waals surface area contributed by atoms with E-state index in [1.807, 2.05) is 0 Å². The summed E-state index contributed by atoms with van der Waals surface area (Å²) in [7, 11) is 1.44. The molecule has 0 heterocycles. The molecule has 66 valence electrons. The second-order valence-corrected chi connectivity index (χ2v) is 3.78. The van der Waals surface area contributed by atoms with Crippen LogP contribution in [0.5, 0.6) is 0 Å². The summed E-state index contributed by atoms with van der Waals surface area (Å²) in [5, 5.41) is 0. The quantitative estimate of drug-likeness (QED) is 0.435. The predicted molar refractivity (Wildman–Crippen MR) is 53.9 cm³/mol. The molecule has 0 aliphatic rings. The summed E-state index contributed by atoms with van der Waals surface area (Å²) < 4.78 is 5.70. The summed E-state index contributed by atoms with van der Waals surface area (Å²) in [5.41, 5.74) is 0. The van der Waals surface area contributed by atoms with E-state index in [9.17, 15) is 4.79 Å². The smallest absolute Gasteiger partial charge is 0.305 e. The minimum atomic E-state index is -0.0923. The average Bonchev–Trinajstić information content (AvgIpc) is 2.01. The SMILES string of the molecule is COC(=O)CCC(C)CCI. The Morgan fingerprint density at radius 3 is 2.64 bits per heavy atom. The fraction of sp³-hybridized carbons (Fsp3) is 0.875. The predicted octanol–water partition coefficient (Wildman–Crippen LogP) is 2.40. The summed E-state index contributed by atoms with van der Waals surface area (Å²) in [6.45, 7) is 2.17. The van der Waals surface area contributed by atoms with Gasteiger partial charge in [-0.25, -0.2) is 0 Å². The van der Waals surface area contributed by atoms with Gasteiger partial charge in [0.1, 0.15) is 0 Å². The fourth-order valence-electron chi connectivity index (χ4n) is 0.797. The Hall–Kier alpha value is 0.200. The molecule has 0 rings (SSSR count). The van der Waals surface area contributed by atoms with Gasteiger partial charge in [-0.05, 0) is 23.2 Å². The highest BCUT2D eigenvalue weighted by Crippen LogP contribution is 2.11. The second-order valence-electron chi connectivity index (χ2n) is 2.70. The molecule has 11 heavy (non-hydrogen) atoms. The van der Waals surface area contributed by atoms with Gasteiger partial charge in [-0.15, -0.1) is 0 Å². The van der Waals surface area contributed by atoms with Crippen molar-refractivity contribution in [3.05, 3.63) is 0 Å². The highest BCUT2D eigenvalue weighted by atomic mass is 127. The molecule has 0 saturated carbocycles. The van der Waals surface area contributed by atoms with Crippen LogP contribution in [0.3, 0.4) is 0 Å². The van der Waals surface area contributed by atoms with E-state index in [1.54, 1.807) is 0 Å². The van der Waals surface area contributed by atoms with Crippen LogP contribution in [0.15, 0.2) is 0 Å². The lowest BCUT2D eigenvalue weighted by molar-refractivity contribution is -0.140. The zero-order chi connectivity index (χ0) is 8.69. The Bertz CT molecular complexity index is 115. The molecular formula is C8H15IO2. The molecule has 0 aromatic carbocycles. The molecular weight excluding hydrogens is 255 g/mol. The van der Waals surface area contributed by atoms with Gasteiger partial charge in [-0.2, -0.15) is 0 Å². The molecule has 0 fully saturated rings. The monoisotopic (exact) mass is 270 g/mol. The van der Waals surface area contributed by atoms with Gasteiger partial charge in [-0.3, -0.25) is 4.79 Å². The molecule has 0 bridgehead atoms. The lowest BCUT2D eigenvalue weighted by Gasteiger charge is -2.06. The van der Waals surface area contributed by atoms with Gasteiger partial charge in [0.25, 0.3) is 0 Å². The van der Waals surface area contributed by atoms with Crippen LogP contribution in [0.25, 0.3) is 0 Å². The zero-order valence-corrected chi connectivity index (χ0v) is 9.26. The first-order valence-electron chi connectivity index (χ1n) is 3.83. The average molecular weight is 270 g/mol. The van der Waals surface area contributed by atoms with Crippen molar-refractivity contribution < 1.29 is 9.53 Å². The first-order valence-corrected chi connectivity index (χ1v) is 5.36. The Balaban J connectivity index is 3.29. The minimum Gasteiger partial charge on any atom is -0.469 e. The first-order chi connectivity index (χ1) is 5.20. The molecule has 2 nitrogen and oxygen atoms in total. The second kappa shape index (κ2) is 6.88. The Morgan fingerprint density at radius 1 is 1.55 bits per heavy atom. The van der Waals surface area contributed by atoms with Crippen molar-refractivity contribution in [1.29, 1.82) is 0 Å². The third-order valence-electron chi connectivity index (χ3n) is 1.67. The highest BCUT2D eigenvalue weighted by molar-refractivity contribution is 14.1. The van der Waals surface area contributed by atoms with Crippen molar-refractivity contribution in [2.45, 2.75) is 26.2 Å². The highest BCUT2D eigenvalue weighted by Gasteiger charge is 2.05. The summed E-state index contributed by atoms with van der Waals surface area (Å²) in [6, 6.07) is 0. The maximum Gasteiger partial charge on any atom is 0.305 e. The van der Waals surface area contributed by atoms with Crippen LogP contribution >= 0.6 is 22.6 Å². The number of hydrogen-bond acceptors (Lipinski definition) is 2. The van der Waals surface area contributed by atoms with E-state index >= 15 is 0 Å². The third kappa shape index (κ3) is 6.59. The van der Waals surface area contributed by atoms with E-state index in [4.69, 9.17) is 0 Å². The molecule has 0 N–H and O–H groups in total. The number of carbonyl (C=O) groups excluding carboxylic acids is 1. The molecule has 0 amide bonds. The van der Waals surface area contributed by atoms with E-state index < -0.39 is 0 Å². The third-order valence-corrected chi connectivity index (χ3v) is 2.29. The van der Waals surface area contributed by atoms with Gasteiger partial charge < -0.3 is 4.74 Å². The molecule has 3 heteroatoms. The fourth-order valence-corrected chi connectivity index (χ4v) is 1.86. The van der Waals surface area contributed by atoms with Gasteiger partial charge in [0.05, 0.1) is 7.11 Å². The van der Waals surface area contributed by atoms with Gasteiger partial charge in [0.2, 0.25) is 0 Å². The normalized spacial score (nSPS) is 12.6. The van der Waals surface area contributed by atoms with Crippen molar-refractivity contribution in [3.63, 3.8) is 0 Å². The number of hydrogen-bond donors (Lipinski definition) is 0. The van der Waals surface area contributed by atoms with E-state index in [0.717, 1.165) is 6.42 Å². The minimum absolute atomic E-state index is 0.0923. The van der Waals surface area contributed by atoms with E-state index in [-0.39, 0.29) is 5.97 Å². The number of alkyl halides is 1. The summed E-state index contributed by atoms with van der Waals surface area (Å²) in [5.74, 6) is 0.552. The summed E-state index contributed by atoms with van der Waals surface area (Å²) in [6.07, 6.45) is 2.71. The maximum absolute atomic E-state index is 10.7. The molecule has 0 saturated heterocycles. The topological polar surface area (TPSA) is 26.3 Å². The molecule has 0 aliphatic heterocycles. The van der Waals surface area contributed by atoms with Gasteiger partial charge >= 0.3 is 5.97 Å². The lowest BCUT2D eigenvalue weighted by Crippen LogP contribution is -2.04. The van der Waals surface area contributed by atoms with Crippen molar-refractivity contribution in [3.8, 4) is 0 Å². The van der Waals surface area contributed by atoms with E-state index in [1.165, 1.54) is 18.0 Å². The Kier molecular flexibility index (Phi) is 7.01.